The van der Waals surface area contributed by atoms with Crippen LogP contribution in [0.25, 0.3) is 22.6 Å². The topological polar surface area (TPSA) is 25.8 Å². The van der Waals surface area contributed by atoms with Gasteiger partial charge in [0, 0.05) is 15.6 Å². The molecule has 1 heterocycles. The first-order chi connectivity index (χ1) is 10.2. The van der Waals surface area contributed by atoms with Crippen LogP contribution in [0.5, 0.6) is 0 Å². The van der Waals surface area contributed by atoms with Gasteiger partial charge in [0.05, 0.1) is 9.26 Å². The summed E-state index contributed by atoms with van der Waals surface area (Å²) in [6.07, 6.45) is 0. The summed E-state index contributed by atoms with van der Waals surface area (Å²) < 4.78 is 1.80. The van der Waals surface area contributed by atoms with Crippen molar-refractivity contribution >= 4 is 50.1 Å². The summed E-state index contributed by atoms with van der Waals surface area (Å²) in [4.78, 5) is 9.11. The van der Waals surface area contributed by atoms with Crippen molar-refractivity contribution in [2.75, 3.05) is 0 Å². The first kappa shape index (κ1) is 14.9. The average Bonchev–Trinajstić information content (AvgIpc) is 2.51. The van der Waals surface area contributed by atoms with Crippen LogP contribution in [0.15, 0.2) is 59.1 Å². The summed E-state index contributed by atoms with van der Waals surface area (Å²) in [5.74, 6) is 0.617. The van der Waals surface area contributed by atoms with Gasteiger partial charge in [-0.3, -0.25) is 0 Å². The predicted molar refractivity (Wildman–Crippen MR) is 98.3 cm³/mol. The summed E-state index contributed by atoms with van der Waals surface area (Å²) in [5, 5.41) is 0.468. The van der Waals surface area contributed by atoms with Crippen molar-refractivity contribution in [3.8, 4) is 22.6 Å². The second-order valence-electron chi connectivity index (χ2n) is 4.35. The number of benzene rings is 2. The lowest BCUT2D eigenvalue weighted by molar-refractivity contribution is 1.16. The van der Waals surface area contributed by atoms with Gasteiger partial charge in [0.25, 0.3) is 0 Å². The number of halogens is 3. The molecule has 0 saturated heterocycles. The van der Waals surface area contributed by atoms with Crippen molar-refractivity contribution < 1.29 is 0 Å². The Morgan fingerprint density at radius 1 is 0.905 bits per heavy atom. The SMILES string of the molecule is Clc1nc(-c2ccccc2Br)nc(-c2ccccc2)c1I. The van der Waals surface area contributed by atoms with E-state index >= 15 is 0 Å². The molecule has 0 aliphatic heterocycles. The molecule has 0 saturated carbocycles. The lowest BCUT2D eigenvalue weighted by atomic mass is 10.1. The minimum atomic E-state index is 0.468. The maximum absolute atomic E-state index is 6.30. The molecule has 3 aromatic rings. The summed E-state index contributed by atoms with van der Waals surface area (Å²) >= 11 is 12.0. The van der Waals surface area contributed by atoms with E-state index in [1.165, 1.54) is 0 Å². The molecular weight excluding hydrogens is 462 g/mol. The lowest BCUT2D eigenvalue weighted by Gasteiger charge is -2.09. The monoisotopic (exact) mass is 470 g/mol. The average molecular weight is 472 g/mol. The van der Waals surface area contributed by atoms with Crippen LogP contribution in [-0.4, -0.2) is 9.97 Å². The van der Waals surface area contributed by atoms with Gasteiger partial charge in [-0.25, -0.2) is 9.97 Å². The van der Waals surface area contributed by atoms with Crippen LogP contribution in [0.4, 0.5) is 0 Å². The molecule has 2 nitrogen and oxygen atoms in total. The van der Waals surface area contributed by atoms with Crippen LogP contribution >= 0.6 is 50.1 Å². The molecule has 1 aromatic heterocycles. The summed E-state index contributed by atoms with van der Waals surface area (Å²) in [6, 6.07) is 17.8. The van der Waals surface area contributed by atoms with Crippen LogP contribution in [0.3, 0.4) is 0 Å². The molecule has 0 fully saturated rings. The van der Waals surface area contributed by atoms with Crippen LogP contribution in [-0.2, 0) is 0 Å². The van der Waals surface area contributed by atoms with Crippen molar-refractivity contribution in [2.45, 2.75) is 0 Å². The minimum absolute atomic E-state index is 0.468. The third-order valence-electron chi connectivity index (χ3n) is 2.97. The molecule has 3 rings (SSSR count). The molecule has 0 atom stereocenters. The number of hydrogen-bond donors (Lipinski definition) is 0. The third kappa shape index (κ3) is 3.12. The van der Waals surface area contributed by atoms with E-state index in [0.29, 0.717) is 11.0 Å². The van der Waals surface area contributed by atoms with E-state index in [4.69, 9.17) is 16.6 Å². The van der Waals surface area contributed by atoms with Gasteiger partial charge in [-0.05, 0) is 28.7 Å². The zero-order chi connectivity index (χ0) is 14.8. The zero-order valence-electron chi connectivity index (χ0n) is 10.7. The minimum Gasteiger partial charge on any atom is -0.227 e. The lowest BCUT2D eigenvalue weighted by Crippen LogP contribution is -1.97. The van der Waals surface area contributed by atoms with Gasteiger partial charge in [-0.1, -0.05) is 76.1 Å². The number of rotatable bonds is 2. The standard InChI is InChI=1S/C16H9BrClIN2/c17-12-9-5-4-8-11(12)16-20-14(13(19)15(18)21-16)10-6-2-1-3-7-10/h1-9H. The van der Waals surface area contributed by atoms with E-state index in [2.05, 4.69) is 43.5 Å². The van der Waals surface area contributed by atoms with E-state index in [-0.39, 0.29) is 0 Å². The second-order valence-corrected chi connectivity index (χ2v) is 6.64. The second kappa shape index (κ2) is 6.42. The smallest absolute Gasteiger partial charge is 0.162 e. The predicted octanol–water partition coefficient (Wildman–Crippen LogP) is 5.83. The summed E-state index contributed by atoms with van der Waals surface area (Å²) in [5.41, 5.74) is 2.80. The van der Waals surface area contributed by atoms with Crippen molar-refractivity contribution in [2.24, 2.45) is 0 Å². The largest absolute Gasteiger partial charge is 0.227 e. The maximum atomic E-state index is 6.30. The molecule has 0 unspecified atom stereocenters. The van der Waals surface area contributed by atoms with Gasteiger partial charge >= 0.3 is 0 Å². The van der Waals surface area contributed by atoms with Gasteiger partial charge in [0.15, 0.2) is 5.82 Å². The van der Waals surface area contributed by atoms with E-state index in [9.17, 15) is 0 Å². The van der Waals surface area contributed by atoms with Gasteiger partial charge < -0.3 is 0 Å². The molecular formula is C16H9BrClIN2. The Labute approximate surface area is 149 Å². The summed E-state index contributed by atoms with van der Waals surface area (Å²) in [7, 11) is 0. The third-order valence-corrected chi connectivity index (χ3v) is 5.28. The molecule has 0 amide bonds. The van der Waals surface area contributed by atoms with Crippen LogP contribution in [0.2, 0.25) is 5.15 Å². The highest BCUT2D eigenvalue weighted by Crippen LogP contribution is 2.32. The van der Waals surface area contributed by atoms with Crippen molar-refractivity contribution in [3.05, 3.63) is 67.8 Å². The Morgan fingerprint density at radius 3 is 2.29 bits per heavy atom. The van der Waals surface area contributed by atoms with E-state index in [1.54, 1.807) is 0 Å². The highest BCUT2D eigenvalue weighted by molar-refractivity contribution is 14.1. The Bertz CT molecular complexity index is 794. The van der Waals surface area contributed by atoms with Crippen LogP contribution in [0, 0.1) is 3.57 Å². The van der Waals surface area contributed by atoms with Gasteiger partial charge in [0.1, 0.15) is 5.15 Å². The van der Waals surface area contributed by atoms with Crippen molar-refractivity contribution in [1.29, 1.82) is 0 Å². The summed E-state index contributed by atoms with van der Waals surface area (Å²) in [6.45, 7) is 0. The van der Waals surface area contributed by atoms with E-state index in [0.717, 1.165) is 24.9 Å². The molecule has 0 aliphatic rings. The molecule has 21 heavy (non-hydrogen) atoms. The highest BCUT2D eigenvalue weighted by atomic mass is 127. The van der Waals surface area contributed by atoms with Crippen LogP contribution < -0.4 is 0 Å². The highest BCUT2D eigenvalue weighted by Gasteiger charge is 2.14. The zero-order valence-corrected chi connectivity index (χ0v) is 15.2. The first-order valence-electron chi connectivity index (χ1n) is 6.20. The van der Waals surface area contributed by atoms with E-state index < -0.39 is 0 Å². The number of hydrogen-bond acceptors (Lipinski definition) is 2. The molecule has 5 heteroatoms. The fourth-order valence-electron chi connectivity index (χ4n) is 1.97. The molecule has 104 valence electrons. The Kier molecular flexibility index (Phi) is 4.57. The molecule has 0 radical (unpaired) electrons. The molecule has 0 aliphatic carbocycles. The van der Waals surface area contributed by atoms with Crippen molar-refractivity contribution in [1.82, 2.24) is 9.97 Å². The number of aromatic nitrogens is 2. The Hall–Kier alpha value is -0.980. The Morgan fingerprint density at radius 2 is 1.57 bits per heavy atom. The molecule has 0 bridgehead atoms. The normalized spacial score (nSPS) is 10.6. The van der Waals surface area contributed by atoms with Gasteiger partial charge in [-0.15, -0.1) is 0 Å². The van der Waals surface area contributed by atoms with Gasteiger partial charge in [-0.2, -0.15) is 0 Å². The fourth-order valence-corrected chi connectivity index (χ4v) is 3.15. The van der Waals surface area contributed by atoms with Crippen molar-refractivity contribution in [3.63, 3.8) is 0 Å². The molecule has 2 aromatic carbocycles. The molecule has 0 N–H and O–H groups in total. The first-order valence-corrected chi connectivity index (χ1v) is 8.45. The maximum Gasteiger partial charge on any atom is 0.162 e. The quantitative estimate of drug-likeness (QED) is 0.347. The van der Waals surface area contributed by atoms with Crippen LogP contribution in [0.1, 0.15) is 0 Å². The number of nitrogens with zero attached hydrogens (tertiary/aromatic N) is 2. The fraction of sp³-hybridized carbons (Fsp3) is 0. The molecule has 0 spiro atoms. The Balaban J connectivity index is 2.22. The van der Waals surface area contributed by atoms with E-state index in [1.807, 2.05) is 54.6 Å². The van der Waals surface area contributed by atoms with Gasteiger partial charge in [0.2, 0.25) is 0 Å².